The van der Waals surface area contributed by atoms with E-state index in [1.807, 2.05) is 0 Å². The Kier molecular flexibility index (Phi) is 3.67. The van der Waals surface area contributed by atoms with E-state index in [9.17, 15) is 0 Å². The summed E-state index contributed by atoms with van der Waals surface area (Å²) in [5, 5.41) is 3.57. The first-order valence-corrected chi connectivity index (χ1v) is 6.86. The highest BCUT2D eigenvalue weighted by molar-refractivity contribution is 5.47. The number of hydrogen-bond acceptors (Lipinski definition) is 2. The minimum absolute atomic E-state index is 0.123. The van der Waals surface area contributed by atoms with E-state index in [-0.39, 0.29) is 5.41 Å². The zero-order chi connectivity index (χ0) is 13.3. The molecule has 0 aromatic heterocycles. The summed E-state index contributed by atoms with van der Waals surface area (Å²) in [6, 6.07) is 5.04. The maximum Gasteiger partial charge on any atom is 0.122 e. The summed E-state index contributed by atoms with van der Waals surface area (Å²) in [7, 11) is 1.77. The van der Waals surface area contributed by atoms with E-state index >= 15 is 0 Å². The van der Waals surface area contributed by atoms with Crippen molar-refractivity contribution in [1.82, 2.24) is 5.32 Å². The fourth-order valence-electron chi connectivity index (χ4n) is 2.78. The highest BCUT2D eigenvalue weighted by Crippen LogP contribution is 2.36. The Morgan fingerprint density at radius 3 is 2.50 bits per heavy atom. The van der Waals surface area contributed by atoms with Gasteiger partial charge in [-0.05, 0) is 54.5 Å². The van der Waals surface area contributed by atoms with Crippen LogP contribution in [0.25, 0.3) is 0 Å². The highest BCUT2D eigenvalue weighted by Gasteiger charge is 2.24. The minimum Gasteiger partial charge on any atom is -0.496 e. The van der Waals surface area contributed by atoms with Crippen LogP contribution in [0.15, 0.2) is 12.1 Å². The summed E-state index contributed by atoms with van der Waals surface area (Å²) >= 11 is 0. The highest BCUT2D eigenvalue weighted by atomic mass is 16.5. The Labute approximate surface area is 111 Å². The lowest BCUT2D eigenvalue weighted by Gasteiger charge is -2.25. The Balaban J connectivity index is 2.45. The standard InChI is InChI=1S/C16H25NO/c1-11-9-13(16(2,3)4)15(18-5)10-12(11)14-7-6-8-17-14/h9-10,14,17H,6-8H2,1-5H3. The third-order valence-electron chi connectivity index (χ3n) is 3.83. The van der Waals surface area contributed by atoms with Crippen LogP contribution in [0, 0.1) is 6.92 Å². The molecular formula is C16H25NO. The van der Waals surface area contributed by atoms with E-state index in [1.165, 1.54) is 29.5 Å². The van der Waals surface area contributed by atoms with Crippen molar-refractivity contribution in [3.05, 3.63) is 28.8 Å². The van der Waals surface area contributed by atoms with Gasteiger partial charge >= 0.3 is 0 Å². The van der Waals surface area contributed by atoms with E-state index in [4.69, 9.17) is 4.74 Å². The maximum absolute atomic E-state index is 5.60. The van der Waals surface area contributed by atoms with Crippen molar-refractivity contribution in [3.8, 4) is 5.75 Å². The molecule has 100 valence electrons. The molecule has 0 saturated carbocycles. The van der Waals surface area contributed by atoms with Gasteiger partial charge in [-0.1, -0.05) is 26.8 Å². The van der Waals surface area contributed by atoms with Crippen LogP contribution >= 0.6 is 0 Å². The second kappa shape index (κ2) is 4.93. The van der Waals surface area contributed by atoms with Gasteiger partial charge in [0.15, 0.2) is 0 Å². The van der Waals surface area contributed by atoms with Crippen molar-refractivity contribution in [2.24, 2.45) is 0 Å². The molecule has 1 aliphatic rings. The lowest BCUT2D eigenvalue weighted by Crippen LogP contribution is -2.17. The number of rotatable bonds is 2. The number of nitrogens with one attached hydrogen (secondary N) is 1. The number of ether oxygens (including phenoxy) is 1. The normalized spacial score (nSPS) is 20.2. The van der Waals surface area contributed by atoms with Gasteiger partial charge in [0, 0.05) is 6.04 Å². The van der Waals surface area contributed by atoms with Gasteiger partial charge in [0.25, 0.3) is 0 Å². The topological polar surface area (TPSA) is 21.3 Å². The molecule has 2 nitrogen and oxygen atoms in total. The van der Waals surface area contributed by atoms with Gasteiger partial charge in [-0.15, -0.1) is 0 Å². The Hall–Kier alpha value is -1.02. The molecule has 0 aliphatic carbocycles. The molecule has 1 aromatic rings. The molecule has 0 bridgehead atoms. The van der Waals surface area contributed by atoms with E-state index in [0.717, 1.165) is 12.3 Å². The first-order valence-electron chi connectivity index (χ1n) is 6.86. The van der Waals surface area contributed by atoms with Crippen molar-refractivity contribution in [2.45, 2.75) is 52.0 Å². The summed E-state index contributed by atoms with van der Waals surface area (Å²) in [5.41, 5.74) is 4.19. The fraction of sp³-hybridized carbons (Fsp3) is 0.625. The maximum atomic E-state index is 5.60. The van der Waals surface area contributed by atoms with Crippen molar-refractivity contribution < 1.29 is 4.74 Å². The van der Waals surface area contributed by atoms with Crippen molar-refractivity contribution in [2.75, 3.05) is 13.7 Å². The third-order valence-corrected chi connectivity index (χ3v) is 3.83. The molecule has 18 heavy (non-hydrogen) atoms. The largest absolute Gasteiger partial charge is 0.496 e. The van der Waals surface area contributed by atoms with E-state index in [2.05, 4.69) is 45.1 Å². The van der Waals surface area contributed by atoms with Gasteiger partial charge in [0.2, 0.25) is 0 Å². The quantitative estimate of drug-likeness (QED) is 0.860. The molecule has 1 unspecified atom stereocenters. The predicted octanol–water partition coefficient (Wildman–Crippen LogP) is 3.73. The summed E-state index contributed by atoms with van der Waals surface area (Å²) in [5.74, 6) is 1.02. The predicted molar refractivity (Wildman–Crippen MR) is 76.4 cm³/mol. The number of hydrogen-bond donors (Lipinski definition) is 1. The first-order chi connectivity index (χ1) is 8.43. The van der Waals surface area contributed by atoms with Gasteiger partial charge < -0.3 is 10.1 Å². The van der Waals surface area contributed by atoms with Crippen molar-refractivity contribution in [1.29, 1.82) is 0 Å². The van der Waals surface area contributed by atoms with Crippen LogP contribution in [0.4, 0.5) is 0 Å². The Bertz CT molecular complexity index is 425. The van der Waals surface area contributed by atoms with Crippen LogP contribution in [-0.4, -0.2) is 13.7 Å². The SMILES string of the molecule is COc1cc(C2CCCN2)c(C)cc1C(C)(C)C. The monoisotopic (exact) mass is 247 g/mol. The smallest absolute Gasteiger partial charge is 0.122 e. The Morgan fingerprint density at radius 2 is 2.00 bits per heavy atom. The lowest BCUT2D eigenvalue weighted by atomic mass is 9.83. The van der Waals surface area contributed by atoms with Crippen LogP contribution < -0.4 is 10.1 Å². The van der Waals surface area contributed by atoms with Crippen molar-refractivity contribution >= 4 is 0 Å². The van der Waals surface area contributed by atoms with E-state index in [0.29, 0.717) is 6.04 Å². The van der Waals surface area contributed by atoms with Crippen LogP contribution in [-0.2, 0) is 5.41 Å². The Morgan fingerprint density at radius 1 is 1.28 bits per heavy atom. The van der Waals surface area contributed by atoms with Gasteiger partial charge in [-0.2, -0.15) is 0 Å². The van der Waals surface area contributed by atoms with E-state index < -0.39 is 0 Å². The second-order valence-electron chi connectivity index (χ2n) is 6.31. The fourth-order valence-corrected chi connectivity index (χ4v) is 2.78. The average molecular weight is 247 g/mol. The second-order valence-corrected chi connectivity index (χ2v) is 6.31. The number of methoxy groups -OCH3 is 1. The molecule has 1 fully saturated rings. The number of aryl methyl sites for hydroxylation is 1. The molecule has 1 N–H and O–H groups in total. The molecule has 0 amide bonds. The molecule has 0 spiro atoms. The van der Waals surface area contributed by atoms with Crippen LogP contribution in [0.3, 0.4) is 0 Å². The summed E-state index contributed by atoms with van der Waals surface area (Å²) in [6.07, 6.45) is 2.51. The third kappa shape index (κ3) is 2.54. The van der Waals surface area contributed by atoms with E-state index in [1.54, 1.807) is 7.11 Å². The van der Waals surface area contributed by atoms with Gasteiger partial charge in [0.05, 0.1) is 7.11 Å². The van der Waals surface area contributed by atoms with Crippen LogP contribution in [0.5, 0.6) is 5.75 Å². The van der Waals surface area contributed by atoms with Gasteiger partial charge in [-0.25, -0.2) is 0 Å². The molecule has 1 saturated heterocycles. The zero-order valence-electron chi connectivity index (χ0n) is 12.3. The molecule has 1 aromatic carbocycles. The lowest BCUT2D eigenvalue weighted by molar-refractivity contribution is 0.396. The molecule has 1 atom stereocenters. The summed E-state index contributed by atoms with van der Waals surface area (Å²) < 4.78 is 5.60. The van der Waals surface area contributed by atoms with Crippen LogP contribution in [0.1, 0.15) is 56.3 Å². The van der Waals surface area contributed by atoms with Crippen molar-refractivity contribution in [3.63, 3.8) is 0 Å². The number of benzene rings is 1. The molecule has 2 heteroatoms. The molecule has 0 radical (unpaired) electrons. The summed E-state index contributed by atoms with van der Waals surface area (Å²) in [4.78, 5) is 0. The van der Waals surface area contributed by atoms with Gasteiger partial charge in [-0.3, -0.25) is 0 Å². The zero-order valence-corrected chi connectivity index (χ0v) is 12.3. The minimum atomic E-state index is 0.123. The average Bonchev–Trinajstić information content (AvgIpc) is 2.81. The molecule has 2 rings (SSSR count). The van der Waals surface area contributed by atoms with Crippen LogP contribution in [0.2, 0.25) is 0 Å². The summed E-state index contributed by atoms with van der Waals surface area (Å²) in [6.45, 7) is 10.0. The molecule has 1 aliphatic heterocycles. The molecular weight excluding hydrogens is 222 g/mol. The first kappa shape index (κ1) is 13.4. The molecule has 1 heterocycles. The van der Waals surface area contributed by atoms with Gasteiger partial charge in [0.1, 0.15) is 5.75 Å².